The maximum Gasteiger partial charge on any atom is 0.225 e. The van der Waals surface area contributed by atoms with Crippen molar-refractivity contribution in [2.24, 2.45) is 5.73 Å². The number of benzene rings is 2. The molecule has 0 aliphatic heterocycles. The Morgan fingerprint density at radius 1 is 1.05 bits per heavy atom. The lowest BCUT2D eigenvalue weighted by Crippen LogP contribution is -2.23. The molecule has 0 bridgehead atoms. The van der Waals surface area contributed by atoms with Gasteiger partial charge in [-0.1, -0.05) is 42.5 Å². The van der Waals surface area contributed by atoms with Crippen LogP contribution in [0.2, 0.25) is 0 Å². The summed E-state index contributed by atoms with van der Waals surface area (Å²) in [6, 6.07) is 17.6. The smallest absolute Gasteiger partial charge is 0.225 e. The monoisotopic (exact) mass is 265 g/mol. The van der Waals surface area contributed by atoms with Crippen LogP contribution in [0.15, 0.2) is 65.3 Å². The van der Waals surface area contributed by atoms with Crippen LogP contribution in [0.5, 0.6) is 0 Å². The van der Waals surface area contributed by atoms with Gasteiger partial charge in [-0.15, -0.1) is 0 Å². The Labute approximate surface area is 117 Å². The molecule has 1 atom stereocenters. The highest BCUT2D eigenvalue weighted by Gasteiger charge is 2.21. The fourth-order valence-electron chi connectivity index (χ4n) is 2.55. The molecule has 0 fully saturated rings. The van der Waals surface area contributed by atoms with Gasteiger partial charge in [-0.3, -0.25) is 4.79 Å². The summed E-state index contributed by atoms with van der Waals surface area (Å²) in [5.74, 6) is 0.0479. The van der Waals surface area contributed by atoms with E-state index in [9.17, 15) is 4.79 Å². The van der Waals surface area contributed by atoms with E-state index in [-0.39, 0.29) is 11.8 Å². The van der Waals surface area contributed by atoms with Gasteiger partial charge in [0.15, 0.2) is 0 Å². The van der Waals surface area contributed by atoms with E-state index in [1.54, 1.807) is 6.26 Å². The first-order valence-corrected chi connectivity index (χ1v) is 6.55. The highest BCUT2D eigenvalue weighted by molar-refractivity contribution is 5.92. The van der Waals surface area contributed by atoms with Crippen molar-refractivity contribution in [2.75, 3.05) is 0 Å². The Morgan fingerprint density at radius 3 is 2.60 bits per heavy atom. The van der Waals surface area contributed by atoms with E-state index in [1.165, 1.54) is 0 Å². The lowest BCUT2D eigenvalue weighted by Gasteiger charge is -2.15. The summed E-state index contributed by atoms with van der Waals surface area (Å²) in [6.45, 7) is 0. The lowest BCUT2D eigenvalue weighted by molar-refractivity contribution is -0.119. The van der Waals surface area contributed by atoms with E-state index >= 15 is 0 Å². The van der Waals surface area contributed by atoms with Gasteiger partial charge in [0.1, 0.15) is 5.76 Å². The number of carbonyl (C=O) groups excluding carboxylic acids is 1. The first kappa shape index (κ1) is 12.5. The second-order valence-electron chi connectivity index (χ2n) is 4.81. The average molecular weight is 265 g/mol. The summed E-state index contributed by atoms with van der Waals surface area (Å²) in [6.07, 6.45) is 2.09. The molecule has 2 aromatic carbocycles. The van der Waals surface area contributed by atoms with Crippen molar-refractivity contribution in [3.8, 4) is 0 Å². The number of hydrogen-bond acceptors (Lipinski definition) is 2. The molecule has 1 aromatic heterocycles. The van der Waals surface area contributed by atoms with Gasteiger partial charge < -0.3 is 10.2 Å². The highest BCUT2D eigenvalue weighted by atomic mass is 16.3. The third kappa shape index (κ3) is 2.30. The van der Waals surface area contributed by atoms with Gasteiger partial charge >= 0.3 is 0 Å². The van der Waals surface area contributed by atoms with Gasteiger partial charge in [-0.25, -0.2) is 0 Å². The summed E-state index contributed by atoms with van der Waals surface area (Å²) in [5, 5.41) is 2.17. The van der Waals surface area contributed by atoms with E-state index in [0.717, 1.165) is 22.1 Å². The van der Waals surface area contributed by atoms with Crippen LogP contribution in [0.4, 0.5) is 0 Å². The quantitative estimate of drug-likeness (QED) is 0.787. The second kappa shape index (κ2) is 5.21. The third-order valence-electron chi connectivity index (χ3n) is 3.53. The van der Waals surface area contributed by atoms with Gasteiger partial charge in [-0.2, -0.15) is 0 Å². The first-order valence-electron chi connectivity index (χ1n) is 6.55. The standard InChI is InChI=1S/C17H15NO2/c18-17(19)16(11-13-7-4-10-20-13)15-9-3-6-12-5-1-2-8-14(12)15/h1-10,16H,11H2,(H2,18,19). The van der Waals surface area contributed by atoms with Gasteiger partial charge in [0.25, 0.3) is 0 Å². The molecule has 0 aliphatic rings. The molecule has 100 valence electrons. The number of rotatable bonds is 4. The van der Waals surface area contributed by atoms with Crippen molar-refractivity contribution >= 4 is 16.7 Å². The molecule has 3 rings (SSSR count). The fourth-order valence-corrected chi connectivity index (χ4v) is 2.55. The molecule has 0 aliphatic carbocycles. The fraction of sp³-hybridized carbons (Fsp3) is 0.118. The zero-order valence-corrected chi connectivity index (χ0v) is 11.0. The Kier molecular flexibility index (Phi) is 3.25. The SMILES string of the molecule is NC(=O)C(Cc1ccco1)c1cccc2ccccc12. The zero-order valence-electron chi connectivity index (χ0n) is 11.0. The van der Waals surface area contributed by atoms with E-state index in [1.807, 2.05) is 54.6 Å². The zero-order chi connectivity index (χ0) is 13.9. The Balaban J connectivity index is 2.08. The molecule has 1 heterocycles. The van der Waals surface area contributed by atoms with Crippen LogP contribution >= 0.6 is 0 Å². The van der Waals surface area contributed by atoms with Gasteiger partial charge in [-0.05, 0) is 28.5 Å². The largest absolute Gasteiger partial charge is 0.469 e. The summed E-state index contributed by atoms with van der Waals surface area (Å²) in [7, 11) is 0. The number of hydrogen-bond donors (Lipinski definition) is 1. The van der Waals surface area contributed by atoms with Crippen LogP contribution in [-0.4, -0.2) is 5.91 Å². The Bertz CT molecular complexity index is 726. The summed E-state index contributed by atoms with van der Waals surface area (Å²) >= 11 is 0. The van der Waals surface area contributed by atoms with Crippen molar-refractivity contribution in [1.29, 1.82) is 0 Å². The van der Waals surface area contributed by atoms with Crippen LogP contribution in [-0.2, 0) is 11.2 Å². The minimum absolute atomic E-state index is 0.335. The van der Waals surface area contributed by atoms with Crippen molar-refractivity contribution in [1.82, 2.24) is 0 Å². The number of primary amides is 1. The van der Waals surface area contributed by atoms with E-state index < -0.39 is 0 Å². The minimum Gasteiger partial charge on any atom is -0.469 e. The molecule has 1 amide bonds. The topological polar surface area (TPSA) is 56.2 Å². The van der Waals surface area contributed by atoms with Gasteiger partial charge in [0, 0.05) is 6.42 Å². The summed E-state index contributed by atoms with van der Waals surface area (Å²) in [4.78, 5) is 11.9. The number of fused-ring (bicyclic) bond motifs is 1. The summed E-state index contributed by atoms with van der Waals surface area (Å²) in [5.41, 5.74) is 6.55. The Hall–Kier alpha value is -2.55. The maximum absolute atomic E-state index is 11.9. The highest BCUT2D eigenvalue weighted by Crippen LogP contribution is 2.28. The first-order chi connectivity index (χ1) is 9.75. The molecule has 2 N–H and O–H groups in total. The molecule has 1 unspecified atom stereocenters. The number of nitrogens with two attached hydrogens (primary N) is 1. The molecule has 0 spiro atoms. The van der Waals surface area contributed by atoms with Gasteiger partial charge in [0.2, 0.25) is 5.91 Å². The summed E-state index contributed by atoms with van der Waals surface area (Å²) < 4.78 is 5.34. The van der Waals surface area contributed by atoms with Crippen LogP contribution < -0.4 is 5.73 Å². The van der Waals surface area contributed by atoms with Crippen molar-refractivity contribution < 1.29 is 9.21 Å². The van der Waals surface area contributed by atoms with Crippen LogP contribution in [0.25, 0.3) is 10.8 Å². The molecule has 3 aromatic rings. The molecule has 3 nitrogen and oxygen atoms in total. The predicted octanol–water partition coefficient (Wildman–Crippen LogP) is 3.24. The molecule has 0 saturated heterocycles. The normalized spacial score (nSPS) is 12.4. The average Bonchev–Trinajstić information content (AvgIpc) is 2.97. The molecular weight excluding hydrogens is 250 g/mol. The van der Waals surface area contributed by atoms with E-state index in [2.05, 4.69) is 0 Å². The molecule has 0 radical (unpaired) electrons. The minimum atomic E-state index is -0.382. The van der Waals surface area contributed by atoms with Crippen molar-refractivity contribution in [3.63, 3.8) is 0 Å². The Morgan fingerprint density at radius 2 is 1.85 bits per heavy atom. The van der Waals surface area contributed by atoms with E-state index in [0.29, 0.717) is 6.42 Å². The number of furan rings is 1. The predicted molar refractivity (Wildman–Crippen MR) is 78.3 cm³/mol. The van der Waals surface area contributed by atoms with Crippen LogP contribution in [0.3, 0.4) is 0 Å². The van der Waals surface area contributed by atoms with Crippen molar-refractivity contribution in [3.05, 3.63) is 72.2 Å². The molecule has 0 saturated carbocycles. The van der Waals surface area contributed by atoms with Gasteiger partial charge in [0.05, 0.1) is 12.2 Å². The van der Waals surface area contributed by atoms with Crippen LogP contribution in [0, 0.1) is 0 Å². The second-order valence-corrected chi connectivity index (χ2v) is 4.81. The van der Waals surface area contributed by atoms with Crippen molar-refractivity contribution in [2.45, 2.75) is 12.3 Å². The van der Waals surface area contributed by atoms with Crippen LogP contribution in [0.1, 0.15) is 17.2 Å². The molecule has 3 heteroatoms. The third-order valence-corrected chi connectivity index (χ3v) is 3.53. The van der Waals surface area contributed by atoms with E-state index in [4.69, 9.17) is 10.2 Å². The maximum atomic E-state index is 11.9. The lowest BCUT2D eigenvalue weighted by atomic mass is 9.90. The number of amides is 1. The number of carbonyl (C=O) groups is 1. The molecule has 20 heavy (non-hydrogen) atoms. The molecular formula is C17H15NO2.